The van der Waals surface area contributed by atoms with E-state index in [4.69, 9.17) is 9.15 Å². The highest BCUT2D eigenvalue weighted by Crippen LogP contribution is 2.24. The molecular formula is C21H18N2O6. The Balaban J connectivity index is 1.58. The summed E-state index contributed by atoms with van der Waals surface area (Å²) >= 11 is 0. The number of nitro benzene ring substituents is 1. The van der Waals surface area contributed by atoms with Crippen molar-refractivity contribution in [2.45, 2.75) is 13.8 Å². The summed E-state index contributed by atoms with van der Waals surface area (Å²) in [5, 5.41) is 13.4. The molecule has 0 radical (unpaired) electrons. The minimum absolute atomic E-state index is 0.0465. The van der Waals surface area contributed by atoms with Gasteiger partial charge in [-0.05, 0) is 61.4 Å². The molecule has 29 heavy (non-hydrogen) atoms. The van der Waals surface area contributed by atoms with Crippen LogP contribution in [0.4, 0.5) is 11.4 Å². The molecule has 1 N–H and O–H groups in total. The van der Waals surface area contributed by atoms with E-state index in [0.717, 1.165) is 11.1 Å². The Hall–Kier alpha value is -3.94. The fourth-order valence-electron chi connectivity index (χ4n) is 2.80. The zero-order valence-electron chi connectivity index (χ0n) is 15.8. The lowest BCUT2D eigenvalue weighted by Gasteiger charge is -2.07. The van der Waals surface area contributed by atoms with Gasteiger partial charge in [-0.25, -0.2) is 4.79 Å². The lowest BCUT2D eigenvalue weighted by Crippen LogP contribution is -2.20. The molecule has 0 aliphatic heterocycles. The predicted molar refractivity (Wildman–Crippen MR) is 106 cm³/mol. The summed E-state index contributed by atoms with van der Waals surface area (Å²) in [6.07, 6.45) is 0. The van der Waals surface area contributed by atoms with Gasteiger partial charge in [0.05, 0.1) is 4.92 Å². The second-order valence-electron chi connectivity index (χ2n) is 6.47. The third kappa shape index (κ3) is 5.07. The van der Waals surface area contributed by atoms with E-state index in [1.54, 1.807) is 6.07 Å². The van der Waals surface area contributed by atoms with Gasteiger partial charge in [0.1, 0.15) is 5.76 Å². The molecule has 0 bridgehead atoms. The molecule has 3 rings (SSSR count). The first-order chi connectivity index (χ1) is 13.8. The van der Waals surface area contributed by atoms with Gasteiger partial charge in [0.25, 0.3) is 11.6 Å². The number of hydrogen-bond donors (Lipinski definition) is 1. The summed E-state index contributed by atoms with van der Waals surface area (Å²) in [5.74, 6) is -0.969. The number of ether oxygens (including phenoxy) is 1. The molecule has 2 aromatic carbocycles. The Kier molecular flexibility index (Phi) is 5.73. The number of carbonyl (C=O) groups excluding carboxylic acids is 2. The van der Waals surface area contributed by atoms with Crippen molar-refractivity contribution >= 4 is 23.3 Å². The molecule has 0 aliphatic carbocycles. The molecule has 8 nitrogen and oxygen atoms in total. The first-order valence-corrected chi connectivity index (χ1v) is 8.72. The molecule has 8 heteroatoms. The molecule has 0 fully saturated rings. The summed E-state index contributed by atoms with van der Waals surface area (Å²) in [6, 6.07) is 14.3. The van der Waals surface area contributed by atoms with Gasteiger partial charge >= 0.3 is 5.97 Å². The Labute approximate surface area is 166 Å². The number of furan rings is 1. The van der Waals surface area contributed by atoms with Crippen LogP contribution in [0.2, 0.25) is 0 Å². The third-order valence-electron chi connectivity index (χ3n) is 4.01. The quantitative estimate of drug-likeness (QED) is 0.380. The van der Waals surface area contributed by atoms with E-state index < -0.39 is 23.4 Å². The Bertz CT molecular complexity index is 1050. The van der Waals surface area contributed by atoms with Crippen molar-refractivity contribution in [3.63, 3.8) is 0 Å². The van der Waals surface area contributed by atoms with Gasteiger partial charge in [0.2, 0.25) is 5.76 Å². The highest BCUT2D eigenvalue weighted by Gasteiger charge is 2.16. The van der Waals surface area contributed by atoms with Crippen LogP contribution in [0.15, 0.2) is 59.0 Å². The summed E-state index contributed by atoms with van der Waals surface area (Å²) in [4.78, 5) is 34.3. The fraction of sp³-hybridized carbons (Fsp3) is 0.143. The van der Waals surface area contributed by atoms with E-state index in [1.807, 2.05) is 32.0 Å². The van der Waals surface area contributed by atoms with Gasteiger partial charge in [0.15, 0.2) is 6.61 Å². The number of amides is 1. The standard InChI is InChI=1S/C21H18N2O6/c1-13-9-14(2)11-16(10-13)22-20(24)12-28-21(25)19-8-7-18(29-19)15-3-5-17(6-4-15)23(26)27/h3-11H,12H2,1-2H3,(H,22,24). The van der Waals surface area contributed by atoms with Gasteiger partial charge in [-0.1, -0.05) is 6.07 Å². The van der Waals surface area contributed by atoms with Crippen LogP contribution in [0.5, 0.6) is 0 Å². The fourth-order valence-corrected chi connectivity index (χ4v) is 2.80. The average Bonchev–Trinajstić information content (AvgIpc) is 3.15. The number of nitro groups is 1. The van der Waals surface area contributed by atoms with E-state index in [9.17, 15) is 19.7 Å². The minimum atomic E-state index is -0.784. The van der Waals surface area contributed by atoms with Crippen molar-refractivity contribution in [3.8, 4) is 11.3 Å². The van der Waals surface area contributed by atoms with Crippen LogP contribution in [0.1, 0.15) is 21.7 Å². The van der Waals surface area contributed by atoms with Crippen molar-refractivity contribution in [2.75, 3.05) is 11.9 Å². The number of hydrogen-bond acceptors (Lipinski definition) is 6. The molecular weight excluding hydrogens is 376 g/mol. The summed E-state index contributed by atoms with van der Waals surface area (Å²) in [6.45, 7) is 3.38. The number of nitrogens with one attached hydrogen (secondary N) is 1. The van der Waals surface area contributed by atoms with Crippen molar-refractivity contribution in [2.24, 2.45) is 0 Å². The molecule has 0 aliphatic rings. The van der Waals surface area contributed by atoms with Crippen molar-refractivity contribution in [1.29, 1.82) is 0 Å². The van der Waals surface area contributed by atoms with E-state index in [2.05, 4.69) is 5.32 Å². The van der Waals surface area contributed by atoms with Crippen LogP contribution in [-0.2, 0) is 9.53 Å². The van der Waals surface area contributed by atoms with E-state index >= 15 is 0 Å². The molecule has 1 aromatic heterocycles. The molecule has 1 heterocycles. The highest BCUT2D eigenvalue weighted by atomic mass is 16.6. The molecule has 148 valence electrons. The highest BCUT2D eigenvalue weighted by molar-refractivity contribution is 5.94. The second kappa shape index (κ2) is 8.39. The van der Waals surface area contributed by atoms with Crippen LogP contribution in [0.25, 0.3) is 11.3 Å². The minimum Gasteiger partial charge on any atom is -0.450 e. The van der Waals surface area contributed by atoms with E-state index in [-0.39, 0.29) is 11.4 Å². The summed E-state index contributed by atoms with van der Waals surface area (Å²) in [5.41, 5.74) is 3.16. The Morgan fingerprint density at radius 1 is 1.03 bits per heavy atom. The molecule has 0 saturated heterocycles. The maximum Gasteiger partial charge on any atom is 0.374 e. The Morgan fingerprint density at radius 2 is 1.69 bits per heavy atom. The monoisotopic (exact) mass is 394 g/mol. The lowest BCUT2D eigenvalue weighted by atomic mass is 10.1. The summed E-state index contributed by atoms with van der Waals surface area (Å²) < 4.78 is 10.4. The number of non-ortho nitro benzene ring substituents is 1. The number of anilines is 1. The van der Waals surface area contributed by atoms with Crippen LogP contribution < -0.4 is 5.32 Å². The number of rotatable bonds is 6. The number of esters is 1. The maximum absolute atomic E-state index is 12.1. The molecule has 3 aromatic rings. The second-order valence-corrected chi connectivity index (χ2v) is 6.47. The number of carbonyl (C=O) groups is 2. The van der Waals surface area contributed by atoms with Crippen molar-refractivity contribution in [1.82, 2.24) is 0 Å². The van der Waals surface area contributed by atoms with Gasteiger partial charge in [-0.3, -0.25) is 14.9 Å². The molecule has 1 amide bonds. The zero-order valence-corrected chi connectivity index (χ0v) is 15.8. The van der Waals surface area contributed by atoms with Gasteiger partial charge in [-0.15, -0.1) is 0 Å². The maximum atomic E-state index is 12.1. The van der Waals surface area contributed by atoms with E-state index in [0.29, 0.717) is 17.0 Å². The zero-order chi connectivity index (χ0) is 21.0. The number of nitrogens with zero attached hydrogens (tertiary/aromatic N) is 1. The predicted octanol–water partition coefficient (Wildman–Crippen LogP) is 4.27. The van der Waals surface area contributed by atoms with Crippen LogP contribution in [0.3, 0.4) is 0 Å². The average molecular weight is 394 g/mol. The van der Waals surface area contributed by atoms with Crippen LogP contribution in [-0.4, -0.2) is 23.4 Å². The van der Waals surface area contributed by atoms with E-state index in [1.165, 1.54) is 30.3 Å². The molecule has 0 unspecified atom stereocenters. The summed E-state index contributed by atoms with van der Waals surface area (Å²) in [7, 11) is 0. The first kappa shape index (κ1) is 19.8. The smallest absolute Gasteiger partial charge is 0.374 e. The lowest BCUT2D eigenvalue weighted by molar-refractivity contribution is -0.384. The first-order valence-electron chi connectivity index (χ1n) is 8.72. The number of benzene rings is 2. The van der Waals surface area contributed by atoms with Crippen molar-refractivity contribution in [3.05, 3.63) is 81.6 Å². The molecule has 0 saturated carbocycles. The van der Waals surface area contributed by atoms with Gasteiger partial charge in [-0.2, -0.15) is 0 Å². The largest absolute Gasteiger partial charge is 0.450 e. The van der Waals surface area contributed by atoms with Gasteiger partial charge in [0, 0.05) is 23.4 Å². The molecule has 0 atom stereocenters. The SMILES string of the molecule is Cc1cc(C)cc(NC(=O)COC(=O)c2ccc(-c3ccc([N+](=O)[O-])cc3)o2)c1. The van der Waals surface area contributed by atoms with Crippen LogP contribution in [0, 0.1) is 24.0 Å². The topological polar surface area (TPSA) is 112 Å². The normalized spacial score (nSPS) is 10.4. The molecule has 0 spiro atoms. The van der Waals surface area contributed by atoms with Crippen LogP contribution >= 0.6 is 0 Å². The Morgan fingerprint density at radius 3 is 2.31 bits per heavy atom. The van der Waals surface area contributed by atoms with Gasteiger partial charge < -0.3 is 14.5 Å². The van der Waals surface area contributed by atoms with Crippen molar-refractivity contribution < 1.29 is 23.7 Å². The number of aryl methyl sites for hydroxylation is 2. The third-order valence-corrected chi connectivity index (χ3v) is 4.01.